The van der Waals surface area contributed by atoms with Gasteiger partial charge in [0.25, 0.3) is 10.0 Å². The van der Waals surface area contributed by atoms with Crippen molar-refractivity contribution >= 4 is 39.1 Å². The number of hydrogen-bond acceptors (Lipinski definition) is 6. The van der Waals surface area contributed by atoms with Crippen LogP contribution in [-0.2, 0) is 26.2 Å². The molecule has 0 fully saturated rings. The Labute approximate surface area is 251 Å². The molecule has 3 aromatic rings. The fraction of sp³-hybridized carbons (Fsp3) is 0.333. The Hall–Kier alpha value is -3.83. The number of nitrogens with zero attached hydrogens (tertiary/aromatic N) is 2. The third-order valence-electron chi connectivity index (χ3n) is 6.30. The van der Waals surface area contributed by atoms with Crippen LogP contribution in [0.25, 0.3) is 0 Å². The molecule has 0 aliphatic heterocycles. The zero-order valence-corrected chi connectivity index (χ0v) is 25.9. The molecule has 226 valence electrons. The minimum Gasteiger partial charge on any atom is -0.493 e. The largest absolute Gasteiger partial charge is 0.493 e. The number of halogens is 2. The predicted molar refractivity (Wildman–Crippen MR) is 160 cm³/mol. The molecule has 0 aliphatic carbocycles. The third-order valence-corrected chi connectivity index (χ3v) is 8.44. The second-order valence-electron chi connectivity index (χ2n) is 10.5. The smallest absolute Gasteiger partial charge is 0.264 e. The molecule has 0 radical (unpaired) electrons. The van der Waals surface area contributed by atoms with Gasteiger partial charge in [-0.1, -0.05) is 29.8 Å². The van der Waals surface area contributed by atoms with Gasteiger partial charge in [-0.3, -0.25) is 13.9 Å². The van der Waals surface area contributed by atoms with Crippen LogP contribution in [0, 0.1) is 5.82 Å². The Morgan fingerprint density at radius 2 is 1.60 bits per heavy atom. The average molecular weight is 620 g/mol. The van der Waals surface area contributed by atoms with Gasteiger partial charge in [-0.2, -0.15) is 0 Å². The minimum atomic E-state index is -4.41. The van der Waals surface area contributed by atoms with Gasteiger partial charge in [0.05, 0.1) is 24.8 Å². The first kappa shape index (κ1) is 32.7. The lowest BCUT2D eigenvalue weighted by Gasteiger charge is -2.33. The van der Waals surface area contributed by atoms with Crippen molar-refractivity contribution in [3.8, 4) is 11.5 Å². The summed E-state index contributed by atoms with van der Waals surface area (Å²) >= 11 is 6.38. The molecule has 1 N–H and O–H groups in total. The monoisotopic (exact) mass is 619 g/mol. The molecule has 12 heteroatoms. The van der Waals surface area contributed by atoms with E-state index in [1.165, 1.54) is 49.5 Å². The first-order valence-corrected chi connectivity index (χ1v) is 14.8. The fourth-order valence-corrected chi connectivity index (χ4v) is 5.73. The van der Waals surface area contributed by atoms with Gasteiger partial charge in [-0.15, -0.1) is 0 Å². The van der Waals surface area contributed by atoms with Gasteiger partial charge >= 0.3 is 0 Å². The topological polar surface area (TPSA) is 105 Å². The summed E-state index contributed by atoms with van der Waals surface area (Å²) in [5.41, 5.74) is 0.0319. The summed E-state index contributed by atoms with van der Waals surface area (Å²) in [6.07, 6.45) is 0. The highest BCUT2D eigenvalue weighted by atomic mass is 35.5. The Kier molecular flexibility index (Phi) is 10.5. The van der Waals surface area contributed by atoms with Crippen molar-refractivity contribution in [1.29, 1.82) is 0 Å². The minimum absolute atomic E-state index is 0.0454. The van der Waals surface area contributed by atoms with E-state index in [-0.39, 0.29) is 22.9 Å². The molecule has 0 bridgehead atoms. The molecular weight excluding hydrogens is 585 g/mol. The maximum Gasteiger partial charge on any atom is 0.264 e. The maximum absolute atomic E-state index is 14.0. The molecule has 42 heavy (non-hydrogen) atoms. The Morgan fingerprint density at radius 1 is 0.976 bits per heavy atom. The van der Waals surface area contributed by atoms with Gasteiger partial charge in [0.2, 0.25) is 11.8 Å². The zero-order valence-electron chi connectivity index (χ0n) is 24.4. The van der Waals surface area contributed by atoms with Gasteiger partial charge in [-0.25, -0.2) is 12.8 Å². The van der Waals surface area contributed by atoms with Gasteiger partial charge in [-0.05, 0) is 75.7 Å². The van der Waals surface area contributed by atoms with Crippen LogP contribution in [0.3, 0.4) is 0 Å². The van der Waals surface area contributed by atoms with Crippen molar-refractivity contribution in [3.05, 3.63) is 83.1 Å². The lowest BCUT2D eigenvalue weighted by molar-refractivity contribution is -0.140. The first-order valence-electron chi connectivity index (χ1n) is 13.0. The molecule has 1 atom stereocenters. The number of hydrogen-bond donors (Lipinski definition) is 1. The summed E-state index contributed by atoms with van der Waals surface area (Å²) in [5, 5.41) is 3.24. The van der Waals surface area contributed by atoms with E-state index < -0.39 is 45.8 Å². The van der Waals surface area contributed by atoms with E-state index in [4.69, 9.17) is 21.1 Å². The molecule has 0 saturated carbocycles. The molecular formula is C30H35ClFN3O6S. The number of carbonyl (C=O) groups excluding carboxylic acids is 2. The van der Waals surface area contributed by atoms with E-state index in [0.717, 1.165) is 16.4 Å². The third kappa shape index (κ3) is 7.92. The lowest BCUT2D eigenvalue weighted by atomic mass is 10.1. The van der Waals surface area contributed by atoms with Crippen molar-refractivity contribution < 1.29 is 31.9 Å². The normalized spacial score (nSPS) is 12.3. The molecule has 2 amide bonds. The van der Waals surface area contributed by atoms with Crippen LogP contribution in [0.4, 0.5) is 10.1 Å². The van der Waals surface area contributed by atoms with Crippen LogP contribution in [0.2, 0.25) is 5.02 Å². The molecule has 0 heterocycles. The summed E-state index contributed by atoms with van der Waals surface area (Å²) in [5.74, 6) is -1.22. The number of methoxy groups -OCH3 is 2. The van der Waals surface area contributed by atoms with Crippen molar-refractivity contribution in [2.75, 3.05) is 25.1 Å². The molecule has 0 aliphatic rings. The highest BCUT2D eigenvalue weighted by molar-refractivity contribution is 7.92. The summed E-state index contributed by atoms with van der Waals surface area (Å²) in [7, 11) is -1.62. The summed E-state index contributed by atoms with van der Waals surface area (Å²) in [6.45, 7) is 6.23. The Balaban J connectivity index is 2.09. The molecule has 0 aromatic heterocycles. The van der Waals surface area contributed by atoms with Crippen molar-refractivity contribution in [2.45, 2.75) is 50.7 Å². The van der Waals surface area contributed by atoms with Gasteiger partial charge in [0, 0.05) is 23.2 Å². The number of carbonyl (C=O) groups is 2. The highest BCUT2D eigenvalue weighted by Crippen LogP contribution is 2.32. The second-order valence-corrected chi connectivity index (χ2v) is 12.8. The van der Waals surface area contributed by atoms with E-state index in [1.807, 2.05) is 20.8 Å². The quantitative estimate of drug-likeness (QED) is 0.323. The number of nitrogens with one attached hydrogen (secondary N) is 1. The molecule has 3 rings (SSSR count). The molecule has 0 saturated heterocycles. The van der Waals surface area contributed by atoms with Crippen LogP contribution in [0.15, 0.2) is 71.6 Å². The van der Waals surface area contributed by atoms with Gasteiger partial charge < -0.3 is 19.7 Å². The summed E-state index contributed by atoms with van der Waals surface area (Å²) in [4.78, 5) is 28.3. The average Bonchev–Trinajstić information content (AvgIpc) is 2.94. The number of ether oxygens (including phenoxy) is 2. The lowest BCUT2D eigenvalue weighted by Crippen LogP contribution is -2.54. The van der Waals surface area contributed by atoms with Crippen molar-refractivity contribution in [3.63, 3.8) is 0 Å². The van der Waals surface area contributed by atoms with Gasteiger partial charge in [0.1, 0.15) is 18.4 Å². The Bertz CT molecular complexity index is 1530. The number of sulfonamides is 1. The zero-order chi connectivity index (χ0) is 31.2. The number of benzene rings is 3. The molecule has 0 unspecified atom stereocenters. The van der Waals surface area contributed by atoms with E-state index in [9.17, 15) is 22.4 Å². The standard InChI is InChI=1S/C30H35ClFN3O6S/c1-20(29(37)33-30(2,3)4)34(18-21-9-7-8-10-25(21)31)28(36)19-35(23-13-11-22(32)12-14-23)42(38,39)24-15-16-26(40-5)27(17-24)41-6/h7-17,20H,18-19H2,1-6H3,(H,33,37)/t20-/m0/s1. The number of anilines is 1. The highest BCUT2D eigenvalue weighted by Gasteiger charge is 2.34. The van der Waals surface area contributed by atoms with Crippen molar-refractivity contribution in [2.24, 2.45) is 0 Å². The van der Waals surface area contributed by atoms with Crippen LogP contribution >= 0.6 is 11.6 Å². The number of rotatable bonds is 11. The van der Waals surface area contributed by atoms with Crippen LogP contribution < -0.4 is 19.1 Å². The van der Waals surface area contributed by atoms with Crippen LogP contribution in [-0.4, -0.2) is 57.5 Å². The molecule has 0 spiro atoms. The predicted octanol–water partition coefficient (Wildman–Crippen LogP) is 5.02. The Morgan fingerprint density at radius 3 is 2.17 bits per heavy atom. The fourth-order valence-electron chi connectivity index (χ4n) is 4.11. The number of amides is 2. The molecule has 9 nitrogen and oxygen atoms in total. The SMILES string of the molecule is COc1ccc(S(=O)(=O)N(CC(=O)N(Cc2ccccc2Cl)[C@@H](C)C(=O)NC(C)(C)C)c2ccc(F)cc2)cc1OC. The van der Waals surface area contributed by atoms with E-state index in [0.29, 0.717) is 16.3 Å². The second kappa shape index (κ2) is 13.4. The van der Waals surface area contributed by atoms with Gasteiger partial charge in [0.15, 0.2) is 11.5 Å². The van der Waals surface area contributed by atoms with Crippen molar-refractivity contribution in [1.82, 2.24) is 10.2 Å². The van der Waals surface area contributed by atoms with Crippen LogP contribution in [0.5, 0.6) is 11.5 Å². The van der Waals surface area contributed by atoms with Crippen LogP contribution in [0.1, 0.15) is 33.3 Å². The molecule has 3 aromatic carbocycles. The van der Waals surface area contributed by atoms with E-state index in [2.05, 4.69) is 5.32 Å². The van der Waals surface area contributed by atoms with E-state index in [1.54, 1.807) is 31.2 Å². The first-order chi connectivity index (χ1) is 19.7. The maximum atomic E-state index is 14.0. The summed E-state index contributed by atoms with van der Waals surface area (Å²) < 4.78 is 53.2. The summed E-state index contributed by atoms with van der Waals surface area (Å²) in [6, 6.07) is 14.6. The van der Waals surface area contributed by atoms with E-state index >= 15 is 0 Å².